The topological polar surface area (TPSA) is 121 Å². The fraction of sp³-hybridized carbons (Fsp3) is 0.520. The lowest BCUT2D eigenvalue weighted by molar-refractivity contribution is -0.146. The Labute approximate surface area is 207 Å². The van der Waals surface area contributed by atoms with Gasteiger partial charge in [0.1, 0.15) is 17.8 Å². The lowest BCUT2D eigenvalue weighted by Gasteiger charge is -2.31. The van der Waals surface area contributed by atoms with Gasteiger partial charge in [0.2, 0.25) is 11.8 Å². The Balaban J connectivity index is 1.39. The number of ether oxygens (including phenoxy) is 1. The Hall–Kier alpha value is -3.07. The number of piperidine rings is 1. The number of para-hydroxylation sites is 1. The van der Waals surface area contributed by atoms with Crippen molar-refractivity contribution in [2.45, 2.75) is 38.8 Å². The van der Waals surface area contributed by atoms with Crippen molar-refractivity contribution in [2.24, 2.45) is 23.2 Å². The average Bonchev–Trinajstić information content (AvgIpc) is 3.34. The molecule has 0 spiro atoms. The minimum Gasteiger partial charge on any atom is -0.467 e. The summed E-state index contributed by atoms with van der Waals surface area (Å²) in [6.45, 7) is 5.18. The highest BCUT2D eigenvalue weighted by Gasteiger charge is 2.69. The molecular weight excluding hydrogens is 472 g/mol. The first-order chi connectivity index (χ1) is 16.6. The van der Waals surface area contributed by atoms with Crippen LogP contribution in [0, 0.1) is 23.2 Å². The molecule has 10 heteroatoms. The van der Waals surface area contributed by atoms with E-state index in [0.717, 1.165) is 5.39 Å². The predicted molar refractivity (Wildman–Crippen MR) is 129 cm³/mol. The van der Waals surface area contributed by atoms with Crippen LogP contribution in [0.5, 0.6) is 0 Å². The van der Waals surface area contributed by atoms with E-state index in [0.29, 0.717) is 35.7 Å². The second-order valence-electron chi connectivity index (χ2n) is 10.3. The van der Waals surface area contributed by atoms with Gasteiger partial charge in [0, 0.05) is 24.4 Å². The second-order valence-corrected chi connectivity index (χ2v) is 10.7. The molecule has 5 atom stereocenters. The monoisotopic (exact) mass is 500 g/mol. The van der Waals surface area contributed by atoms with Crippen LogP contribution in [0.1, 0.15) is 37.2 Å². The highest BCUT2D eigenvalue weighted by Crippen LogP contribution is 2.65. The Bertz CT molecular complexity index is 1220. The van der Waals surface area contributed by atoms with E-state index in [1.165, 1.54) is 7.11 Å². The minimum atomic E-state index is -0.967. The molecular formula is C25H29ClN4O5. The molecule has 1 aromatic heterocycles. The number of hydrogen-bond acceptors (Lipinski definition) is 5. The number of amides is 3. The van der Waals surface area contributed by atoms with Gasteiger partial charge in [-0.3, -0.25) is 14.4 Å². The summed E-state index contributed by atoms with van der Waals surface area (Å²) in [5.41, 5.74) is 0.940. The third-order valence-electron chi connectivity index (χ3n) is 8.06. The van der Waals surface area contributed by atoms with Crippen molar-refractivity contribution in [1.82, 2.24) is 20.5 Å². The standard InChI is InChI=1S/C25H29ClN4O5/c1-25(2)14-11-30(23(33)16-9-12-5-4-6-15(26)19(12)28-16)20(18(14)25)22(32)29-17(24(34)35-3)10-13-7-8-27-21(13)31/h4-6,9,13-14,17-18,20,28H,7-8,10-11H2,1-3H3,(H,27,31)(H,29,32)/t13-,14-,17-,18-,20-/m0/s1. The molecule has 186 valence electrons. The van der Waals surface area contributed by atoms with Crippen molar-refractivity contribution in [3.8, 4) is 0 Å². The predicted octanol–water partition coefficient (Wildman–Crippen LogP) is 2.10. The smallest absolute Gasteiger partial charge is 0.328 e. The summed E-state index contributed by atoms with van der Waals surface area (Å²) in [5, 5.41) is 6.88. The van der Waals surface area contributed by atoms with E-state index in [1.54, 1.807) is 17.0 Å². The van der Waals surface area contributed by atoms with Crippen molar-refractivity contribution in [2.75, 3.05) is 20.2 Å². The van der Waals surface area contributed by atoms with Gasteiger partial charge in [-0.15, -0.1) is 0 Å². The number of hydrogen-bond donors (Lipinski definition) is 3. The van der Waals surface area contributed by atoms with Crippen molar-refractivity contribution in [3.63, 3.8) is 0 Å². The van der Waals surface area contributed by atoms with Gasteiger partial charge in [0.05, 0.1) is 17.6 Å². The van der Waals surface area contributed by atoms with Crippen LogP contribution in [0.25, 0.3) is 10.9 Å². The Morgan fingerprint density at radius 2 is 2.09 bits per heavy atom. The molecule has 1 aromatic carbocycles. The first kappa shape index (κ1) is 23.7. The zero-order chi connectivity index (χ0) is 25.1. The van der Waals surface area contributed by atoms with E-state index in [1.807, 2.05) is 12.1 Å². The van der Waals surface area contributed by atoms with E-state index >= 15 is 0 Å². The number of esters is 1. The normalized spacial score (nSPS) is 27.3. The molecule has 2 aliphatic heterocycles. The SMILES string of the molecule is COC(=O)[C@H](C[C@@H]1CCNC1=O)NC(=O)[C@@H]1[C@@H]2[C@H](CN1C(=O)c1cc3cccc(Cl)c3[nH]1)C2(C)C. The fourth-order valence-corrected chi connectivity index (χ4v) is 6.18. The number of benzene rings is 1. The summed E-state index contributed by atoms with van der Waals surface area (Å²) in [7, 11) is 1.25. The molecule has 0 bridgehead atoms. The largest absolute Gasteiger partial charge is 0.467 e. The van der Waals surface area contributed by atoms with Gasteiger partial charge in [-0.25, -0.2) is 4.79 Å². The number of methoxy groups -OCH3 is 1. The summed E-state index contributed by atoms with van der Waals surface area (Å²) >= 11 is 6.27. The van der Waals surface area contributed by atoms with Crippen LogP contribution in [-0.2, 0) is 19.1 Å². The van der Waals surface area contributed by atoms with Gasteiger partial charge in [-0.1, -0.05) is 37.6 Å². The quantitative estimate of drug-likeness (QED) is 0.524. The number of aromatic nitrogens is 1. The molecule has 35 heavy (non-hydrogen) atoms. The van der Waals surface area contributed by atoms with Crippen molar-refractivity contribution in [1.29, 1.82) is 0 Å². The first-order valence-electron chi connectivity index (χ1n) is 11.9. The number of halogens is 1. The summed E-state index contributed by atoms with van der Waals surface area (Å²) in [6.07, 6.45) is 0.750. The lowest BCUT2D eigenvalue weighted by Crippen LogP contribution is -2.54. The summed E-state index contributed by atoms with van der Waals surface area (Å²) in [6, 6.07) is 5.47. The maximum atomic E-state index is 13.6. The maximum absolute atomic E-state index is 13.6. The van der Waals surface area contributed by atoms with Crippen molar-refractivity contribution < 1.29 is 23.9 Å². The molecule has 9 nitrogen and oxygen atoms in total. The Morgan fingerprint density at radius 3 is 2.74 bits per heavy atom. The molecule has 3 amide bonds. The van der Waals surface area contributed by atoms with E-state index < -0.39 is 24.0 Å². The van der Waals surface area contributed by atoms with Gasteiger partial charge in [0.15, 0.2) is 0 Å². The number of likely N-dealkylation sites (tertiary alicyclic amines) is 1. The number of rotatable bonds is 6. The Morgan fingerprint density at radius 1 is 1.31 bits per heavy atom. The van der Waals surface area contributed by atoms with Crippen molar-refractivity contribution >= 4 is 46.2 Å². The highest BCUT2D eigenvalue weighted by atomic mass is 35.5. The zero-order valence-corrected chi connectivity index (χ0v) is 20.6. The molecule has 0 radical (unpaired) electrons. The summed E-state index contributed by atoms with van der Waals surface area (Å²) in [4.78, 5) is 56.4. The maximum Gasteiger partial charge on any atom is 0.328 e. The number of nitrogens with one attached hydrogen (secondary N) is 3. The number of fused-ring (bicyclic) bond motifs is 2. The van der Waals surface area contributed by atoms with E-state index in [4.69, 9.17) is 16.3 Å². The molecule has 5 rings (SSSR count). The van der Waals surface area contributed by atoms with Crippen molar-refractivity contribution in [3.05, 3.63) is 35.0 Å². The lowest BCUT2D eigenvalue weighted by atomic mass is 9.96. The van der Waals surface area contributed by atoms with E-state index in [9.17, 15) is 19.2 Å². The summed E-state index contributed by atoms with van der Waals surface area (Å²) in [5.74, 6) is -1.64. The van der Waals surface area contributed by atoms with Crippen LogP contribution < -0.4 is 10.6 Å². The van der Waals surface area contributed by atoms with Crippen LogP contribution in [0.2, 0.25) is 5.02 Å². The van der Waals surface area contributed by atoms with E-state index in [2.05, 4.69) is 29.5 Å². The van der Waals surface area contributed by atoms with Crippen LogP contribution in [0.4, 0.5) is 0 Å². The third kappa shape index (κ3) is 3.95. The Kier molecular flexibility index (Phi) is 5.78. The zero-order valence-electron chi connectivity index (χ0n) is 19.9. The molecule has 2 aromatic rings. The first-order valence-corrected chi connectivity index (χ1v) is 12.3. The van der Waals surface area contributed by atoms with Gasteiger partial charge >= 0.3 is 5.97 Å². The molecule has 2 saturated heterocycles. The molecule has 0 unspecified atom stereocenters. The van der Waals surface area contributed by atoms with E-state index in [-0.39, 0.29) is 41.4 Å². The van der Waals surface area contributed by atoms with Crippen LogP contribution in [0.3, 0.4) is 0 Å². The molecule has 1 saturated carbocycles. The number of nitrogens with zero attached hydrogens (tertiary/aromatic N) is 1. The molecule has 3 N–H and O–H groups in total. The fourth-order valence-electron chi connectivity index (χ4n) is 5.95. The van der Waals surface area contributed by atoms with Crippen LogP contribution in [0.15, 0.2) is 24.3 Å². The highest BCUT2D eigenvalue weighted by molar-refractivity contribution is 6.35. The third-order valence-corrected chi connectivity index (χ3v) is 8.37. The second kappa shape index (κ2) is 8.55. The molecule has 3 aliphatic rings. The summed E-state index contributed by atoms with van der Waals surface area (Å²) < 4.78 is 4.90. The molecule has 3 fully saturated rings. The number of carbonyl (C=O) groups excluding carboxylic acids is 4. The number of aromatic amines is 1. The average molecular weight is 501 g/mol. The minimum absolute atomic E-state index is 0.0208. The molecule has 3 heterocycles. The molecule has 1 aliphatic carbocycles. The van der Waals surface area contributed by atoms with Crippen LogP contribution in [-0.4, -0.2) is 65.9 Å². The van der Waals surface area contributed by atoms with Gasteiger partial charge in [-0.05, 0) is 42.2 Å². The van der Waals surface area contributed by atoms with Crippen LogP contribution >= 0.6 is 11.6 Å². The van der Waals surface area contributed by atoms with Gasteiger partial charge < -0.3 is 25.3 Å². The van der Waals surface area contributed by atoms with Gasteiger partial charge in [0.25, 0.3) is 5.91 Å². The number of carbonyl (C=O) groups is 4. The number of H-pyrrole nitrogens is 1. The van der Waals surface area contributed by atoms with Gasteiger partial charge in [-0.2, -0.15) is 0 Å².